The molecule has 0 aromatic carbocycles. The Bertz CT molecular complexity index is 124. The Balaban J connectivity index is 2.53. The first-order valence-corrected chi connectivity index (χ1v) is 3.98. The summed E-state index contributed by atoms with van der Waals surface area (Å²) >= 11 is 3.46. The quantitative estimate of drug-likeness (QED) is 0.534. The van der Waals surface area contributed by atoms with Crippen molar-refractivity contribution in [1.82, 2.24) is 0 Å². The summed E-state index contributed by atoms with van der Waals surface area (Å²) in [6.45, 7) is 0.922. The molecule has 1 atom stereocenters. The molecule has 0 aromatic rings. The Labute approximate surface area is 63.4 Å². The van der Waals surface area contributed by atoms with E-state index >= 15 is 0 Å². The zero-order valence-electron chi connectivity index (χ0n) is 5.43. The summed E-state index contributed by atoms with van der Waals surface area (Å²) in [5.41, 5.74) is 0. The third-order valence-electron chi connectivity index (χ3n) is 1.36. The first-order valence-electron chi connectivity index (χ1n) is 3.07. The van der Waals surface area contributed by atoms with E-state index in [1.54, 1.807) is 7.11 Å². The first kappa shape index (κ1) is 7.06. The molecule has 1 aliphatic heterocycles. The maximum atomic E-state index is 5.01. The lowest BCUT2D eigenvalue weighted by Gasteiger charge is -2.15. The minimum absolute atomic E-state index is 0.358. The van der Waals surface area contributed by atoms with E-state index in [9.17, 15) is 0 Å². The van der Waals surface area contributed by atoms with Gasteiger partial charge in [-0.05, 0) is 12.8 Å². The lowest BCUT2D eigenvalue weighted by molar-refractivity contribution is 0.382. The van der Waals surface area contributed by atoms with Gasteiger partial charge in [-0.25, -0.2) is 0 Å². The summed E-state index contributed by atoms with van der Waals surface area (Å²) in [7, 11) is 1.67. The van der Waals surface area contributed by atoms with Crippen molar-refractivity contribution in [2.75, 3.05) is 13.7 Å². The summed E-state index contributed by atoms with van der Waals surface area (Å²) in [5, 5.41) is 0. The molecule has 3 heteroatoms. The van der Waals surface area contributed by atoms with E-state index in [4.69, 9.17) is 4.74 Å². The molecule has 0 saturated heterocycles. The molecule has 1 rings (SSSR count). The molecule has 0 spiro atoms. The number of hydrogen-bond acceptors (Lipinski definition) is 2. The van der Waals surface area contributed by atoms with Gasteiger partial charge in [0.2, 0.25) is 0 Å². The minimum atomic E-state index is 0.358. The Hall–Kier alpha value is -0.0500. The summed E-state index contributed by atoms with van der Waals surface area (Å²) in [6.07, 6.45) is 2.31. The number of rotatable bonds is 0. The van der Waals surface area contributed by atoms with E-state index in [1.165, 1.54) is 6.42 Å². The maximum absolute atomic E-state index is 5.01. The first-order chi connectivity index (χ1) is 4.34. The molecule has 0 aromatic heterocycles. The highest BCUT2D eigenvalue weighted by Crippen LogP contribution is 2.15. The minimum Gasteiger partial charge on any atom is -0.484 e. The highest BCUT2D eigenvalue weighted by molar-refractivity contribution is 9.10. The van der Waals surface area contributed by atoms with Crippen LogP contribution in [0.1, 0.15) is 12.8 Å². The van der Waals surface area contributed by atoms with Gasteiger partial charge < -0.3 is 4.74 Å². The molecule has 1 heterocycles. The monoisotopic (exact) mass is 191 g/mol. The fraction of sp³-hybridized carbons (Fsp3) is 0.833. The van der Waals surface area contributed by atoms with Crippen molar-refractivity contribution < 1.29 is 4.74 Å². The molecule has 1 aliphatic rings. The zero-order chi connectivity index (χ0) is 6.69. The molecular weight excluding hydrogens is 182 g/mol. The topological polar surface area (TPSA) is 21.6 Å². The normalized spacial score (nSPS) is 27.3. The van der Waals surface area contributed by atoms with E-state index in [-0.39, 0.29) is 0 Å². The second kappa shape index (κ2) is 3.20. The Morgan fingerprint density at radius 1 is 1.78 bits per heavy atom. The SMILES string of the molecule is COC1=NCCC[C@H]1Br. The maximum Gasteiger partial charge on any atom is 0.197 e. The predicted octanol–water partition coefficient (Wildman–Crippen LogP) is 1.59. The molecular formula is C6H10BrNO. The number of ether oxygens (including phenoxy) is 1. The largest absolute Gasteiger partial charge is 0.484 e. The van der Waals surface area contributed by atoms with Crippen molar-refractivity contribution in [2.45, 2.75) is 17.7 Å². The van der Waals surface area contributed by atoms with Crippen molar-refractivity contribution in [2.24, 2.45) is 4.99 Å². The molecule has 0 N–H and O–H groups in total. The molecule has 52 valence electrons. The fourth-order valence-corrected chi connectivity index (χ4v) is 1.53. The average Bonchev–Trinajstić information content (AvgIpc) is 1.89. The average molecular weight is 192 g/mol. The van der Waals surface area contributed by atoms with Crippen molar-refractivity contribution in [3.05, 3.63) is 0 Å². The molecule has 0 saturated carbocycles. The van der Waals surface area contributed by atoms with Gasteiger partial charge in [0.15, 0.2) is 5.90 Å². The van der Waals surface area contributed by atoms with E-state index in [1.807, 2.05) is 0 Å². The summed E-state index contributed by atoms with van der Waals surface area (Å²) in [4.78, 5) is 4.53. The van der Waals surface area contributed by atoms with Crippen LogP contribution >= 0.6 is 15.9 Å². The highest BCUT2D eigenvalue weighted by atomic mass is 79.9. The van der Waals surface area contributed by atoms with Crippen LogP contribution in [0.2, 0.25) is 0 Å². The molecule has 9 heavy (non-hydrogen) atoms. The van der Waals surface area contributed by atoms with Crippen molar-refractivity contribution in [1.29, 1.82) is 0 Å². The molecule has 0 amide bonds. The highest BCUT2D eigenvalue weighted by Gasteiger charge is 2.15. The molecule has 2 nitrogen and oxygen atoms in total. The van der Waals surface area contributed by atoms with Crippen molar-refractivity contribution in [3.63, 3.8) is 0 Å². The molecule has 0 aliphatic carbocycles. The van der Waals surface area contributed by atoms with Gasteiger partial charge in [-0.2, -0.15) is 0 Å². The van der Waals surface area contributed by atoms with E-state index < -0.39 is 0 Å². The van der Waals surface area contributed by atoms with Crippen LogP contribution in [0.25, 0.3) is 0 Å². The lowest BCUT2D eigenvalue weighted by atomic mass is 10.2. The second-order valence-electron chi connectivity index (χ2n) is 2.03. The van der Waals surface area contributed by atoms with Crippen LogP contribution in [0.4, 0.5) is 0 Å². The number of alkyl halides is 1. The fourth-order valence-electron chi connectivity index (χ4n) is 0.875. The second-order valence-corrected chi connectivity index (χ2v) is 3.14. The number of halogens is 1. The van der Waals surface area contributed by atoms with Crippen molar-refractivity contribution >= 4 is 21.8 Å². The van der Waals surface area contributed by atoms with E-state index in [0.717, 1.165) is 18.9 Å². The van der Waals surface area contributed by atoms with Gasteiger partial charge >= 0.3 is 0 Å². The third kappa shape index (κ3) is 1.68. The molecule has 0 radical (unpaired) electrons. The lowest BCUT2D eigenvalue weighted by Crippen LogP contribution is -2.20. The van der Waals surface area contributed by atoms with Gasteiger partial charge in [0.1, 0.15) is 0 Å². The van der Waals surface area contributed by atoms with Gasteiger partial charge in [0.05, 0.1) is 11.9 Å². The van der Waals surface area contributed by atoms with Crippen molar-refractivity contribution in [3.8, 4) is 0 Å². The van der Waals surface area contributed by atoms with Crippen LogP contribution in [0.5, 0.6) is 0 Å². The Morgan fingerprint density at radius 2 is 2.56 bits per heavy atom. The standard InChI is InChI=1S/C6H10BrNO/c1-9-6-5(7)3-2-4-8-6/h5H,2-4H2,1H3/t5-/m1/s1. The number of aliphatic imine (C=N–C) groups is 1. The number of hydrogen-bond donors (Lipinski definition) is 0. The predicted molar refractivity (Wildman–Crippen MR) is 41.3 cm³/mol. The number of methoxy groups -OCH3 is 1. The summed E-state index contributed by atoms with van der Waals surface area (Å²) < 4.78 is 5.01. The Kier molecular flexibility index (Phi) is 2.51. The van der Waals surface area contributed by atoms with Gasteiger partial charge in [-0.1, -0.05) is 15.9 Å². The molecule has 0 unspecified atom stereocenters. The smallest absolute Gasteiger partial charge is 0.197 e. The van der Waals surface area contributed by atoms with Gasteiger partial charge in [0, 0.05) is 6.54 Å². The summed E-state index contributed by atoms with van der Waals surface area (Å²) in [6, 6.07) is 0. The van der Waals surface area contributed by atoms with Crippen LogP contribution in [-0.4, -0.2) is 24.4 Å². The van der Waals surface area contributed by atoms with Gasteiger partial charge in [0.25, 0.3) is 0 Å². The molecule has 0 bridgehead atoms. The van der Waals surface area contributed by atoms with Crippen LogP contribution < -0.4 is 0 Å². The van der Waals surface area contributed by atoms with Crippen LogP contribution in [0.15, 0.2) is 4.99 Å². The Morgan fingerprint density at radius 3 is 3.00 bits per heavy atom. The zero-order valence-corrected chi connectivity index (χ0v) is 7.02. The van der Waals surface area contributed by atoms with Gasteiger partial charge in [-0.3, -0.25) is 4.99 Å². The molecule has 0 fully saturated rings. The van der Waals surface area contributed by atoms with E-state index in [0.29, 0.717) is 4.83 Å². The van der Waals surface area contributed by atoms with Crippen LogP contribution in [0.3, 0.4) is 0 Å². The number of nitrogens with zero attached hydrogens (tertiary/aromatic N) is 1. The van der Waals surface area contributed by atoms with E-state index in [2.05, 4.69) is 20.9 Å². The third-order valence-corrected chi connectivity index (χ3v) is 2.21. The van der Waals surface area contributed by atoms with Crippen LogP contribution in [0, 0.1) is 0 Å². The van der Waals surface area contributed by atoms with Crippen LogP contribution in [-0.2, 0) is 4.74 Å². The van der Waals surface area contributed by atoms with Gasteiger partial charge in [-0.15, -0.1) is 0 Å². The summed E-state index contributed by atoms with van der Waals surface area (Å²) in [5.74, 6) is 0.848.